The molecular formula is C19H24N4O. The molecule has 3 heterocycles. The van der Waals surface area contributed by atoms with E-state index in [0.29, 0.717) is 18.8 Å². The van der Waals surface area contributed by atoms with Gasteiger partial charge in [-0.05, 0) is 56.2 Å². The Hall–Kier alpha value is -2.30. The molecule has 0 bridgehead atoms. The number of pyridine rings is 1. The second kappa shape index (κ2) is 7.99. The molecule has 1 fully saturated rings. The summed E-state index contributed by atoms with van der Waals surface area (Å²) in [4.78, 5) is 27.0. The molecule has 0 aromatic carbocycles. The standard InChI is InChI=1S/C19H24N4O/c1-15-21-10-6-18(22-15)4-5-19(24)23-11-7-16(8-12-23)13-17-3-2-9-20-14-17/h2-3,6,9-10,14,16H,4-5,7-8,11-13H2,1H3. The van der Waals surface area contributed by atoms with Crippen molar-refractivity contribution in [1.82, 2.24) is 19.9 Å². The minimum Gasteiger partial charge on any atom is -0.343 e. The number of rotatable bonds is 5. The van der Waals surface area contributed by atoms with Crippen molar-refractivity contribution in [2.45, 2.75) is 39.0 Å². The Labute approximate surface area is 143 Å². The number of hydrogen-bond acceptors (Lipinski definition) is 4. The van der Waals surface area contributed by atoms with Gasteiger partial charge in [-0.25, -0.2) is 9.97 Å². The highest BCUT2D eigenvalue weighted by Gasteiger charge is 2.22. The fraction of sp³-hybridized carbons (Fsp3) is 0.474. The van der Waals surface area contributed by atoms with Gasteiger partial charge < -0.3 is 4.90 Å². The number of carbonyl (C=O) groups is 1. The first-order chi connectivity index (χ1) is 11.7. The lowest BCUT2D eigenvalue weighted by molar-refractivity contribution is -0.132. The molecule has 5 nitrogen and oxygen atoms in total. The van der Waals surface area contributed by atoms with E-state index in [-0.39, 0.29) is 5.91 Å². The van der Waals surface area contributed by atoms with Crippen LogP contribution in [0.1, 0.15) is 36.3 Å². The van der Waals surface area contributed by atoms with Crippen LogP contribution in [-0.2, 0) is 17.6 Å². The van der Waals surface area contributed by atoms with Gasteiger partial charge in [0.25, 0.3) is 0 Å². The number of aromatic nitrogens is 3. The zero-order valence-electron chi connectivity index (χ0n) is 14.2. The minimum absolute atomic E-state index is 0.242. The first-order valence-corrected chi connectivity index (χ1v) is 8.66. The number of piperidine rings is 1. The molecule has 126 valence electrons. The van der Waals surface area contributed by atoms with Crippen LogP contribution in [0.15, 0.2) is 36.8 Å². The number of carbonyl (C=O) groups excluding carboxylic acids is 1. The van der Waals surface area contributed by atoms with E-state index < -0.39 is 0 Å². The lowest BCUT2D eigenvalue weighted by Crippen LogP contribution is -2.39. The largest absolute Gasteiger partial charge is 0.343 e. The third-order valence-corrected chi connectivity index (χ3v) is 4.64. The molecule has 5 heteroatoms. The van der Waals surface area contributed by atoms with Gasteiger partial charge in [-0.15, -0.1) is 0 Å². The summed E-state index contributed by atoms with van der Waals surface area (Å²) in [5.41, 5.74) is 2.24. The zero-order chi connectivity index (χ0) is 16.8. The maximum Gasteiger partial charge on any atom is 0.222 e. The van der Waals surface area contributed by atoms with E-state index in [1.165, 1.54) is 5.56 Å². The summed E-state index contributed by atoms with van der Waals surface area (Å²) in [7, 11) is 0. The average Bonchev–Trinajstić information content (AvgIpc) is 2.61. The molecule has 2 aromatic rings. The molecule has 1 aliphatic heterocycles. The molecule has 0 saturated carbocycles. The summed E-state index contributed by atoms with van der Waals surface area (Å²) in [6.07, 6.45) is 9.95. The van der Waals surface area contributed by atoms with Crippen LogP contribution in [0, 0.1) is 12.8 Å². The molecule has 0 atom stereocenters. The average molecular weight is 324 g/mol. The molecule has 0 aliphatic carbocycles. The van der Waals surface area contributed by atoms with E-state index in [4.69, 9.17) is 0 Å². The van der Waals surface area contributed by atoms with Crippen LogP contribution in [0.4, 0.5) is 0 Å². The Balaban J connectivity index is 1.43. The summed E-state index contributed by atoms with van der Waals surface area (Å²) in [5.74, 6) is 1.66. The number of hydrogen-bond donors (Lipinski definition) is 0. The molecule has 0 spiro atoms. The van der Waals surface area contributed by atoms with Gasteiger partial charge in [0.1, 0.15) is 5.82 Å². The van der Waals surface area contributed by atoms with Gasteiger partial charge in [0, 0.05) is 43.8 Å². The van der Waals surface area contributed by atoms with E-state index in [0.717, 1.165) is 43.9 Å². The van der Waals surface area contributed by atoms with Crippen LogP contribution in [0.3, 0.4) is 0 Å². The van der Waals surface area contributed by atoms with Gasteiger partial charge in [-0.2, -0.15) is 0 Å². The monoisotopic (exact) mass is 324 g/mol. The molecule has 24 heavy (non-hydrogen) atoms. The highest BCUT2D eigenvalue weighted by molar-refractivity contribution is 5.76. The summed E-state index contributed by atoms with van der Waals surface area (Å²) in [5, 5.41) is 0. The number of aryl methyl sites for hydroxylation is 2. The van der Waals surface area contributed by atoms with Crippen molar-refractivity contribution in [2.24, 2.45) is 5.92 Å². The van der Waals surface area contributed by atoms with Crippen LogP contribution in [0.2, 0.25) is 0 Å². The van der Waals surface area contributed by atoms with Gasteiger partial charge in [0.15, 0.2) is 0 Å². The number of amides is 1. The van der Waals surface area contributed by atoms with Gasteiger partial charge in [-0.3, -0.25) is 9.78 Å². The lowest BCUT2D eigenvalue weighted by atomic mass is 9.90. The number of nitrogens with zero attached hydrogens (tertiary/aromatic N) is 4. The molecular weight excluding hydrogens is 300 g/mol. The van der Waals surface area contributed by atoms with Crippen LogP contribution in [0.25, 0.3) is 0 Å². The van der Waals surface area contributed by atoms with Crippen molar-refractivity contribution in [1.29, 1.82) is 0 Å². The predicted octanol–water partition coefficient (Wildman–Crippen LogP) is 2.59. The zero-order valence-corrected chi connectivity index (χ0v) is 14.2. The fourth-order valence-corrected chi connectivity index (χ4v) is 3.28. The molecule has 3 rings (SSSR count). The summed E-state index contributed by atoms with van der Waals surface area (Å²) < 4.78 is 0. The quantitative estimate of drug-likeness (QED) is 0.848. The first-order valence-electron chi connectivity index (χ1n) is 8.66. The van der Waals surface area contributed by atoms with Crippen LogP contribution in [-0.4, -0.2) is 38.8 Å². The Morgan fingerprint density at radius 1 is 1.25 bits per heavy atom. The third-order valence-electron chi connectivity index (χ3n) is 4.64. The Bertz CT molecular complexity index is 666. The van der Waals surface area contributed by atoms with Crippen molar-refractivity contribution < 1.29 is 4.79 Å². The van der Waals surface area contributed by atoms with Crippen LogP contribution in [0.5, 0.6) is 0 Å². The van der Waals surface area contributed by atoms with Crippen molar-refractivity contribution in [3.8, 4) is 0 Å². The smallest absolute Gasteiger partial charge is 0.222 e. The van der Waals surface area contributed by atoms with Crippen molar-refractivity contribution >= 4 is 5.91 Å². The van der Waals surface area contributed by atoms with E-state index in [2.05, 4.69) is 21.0 Å². The highest BCUT2D eigenvalue weighted by atomic mass is 16.2. The van der Waals surface area contributed by atoms with E-state index >= 15 is 0 Å². The molecule has 0 unspecified atom stereocenters. The fourth-order valence-electron chi connectivity index (χ4n) is 3.28. The Kier molecular flexibility index (Phi) is 5.51. The van der Waals surface area contributed by atoms with E-state index in [1.807, 2.05) is 36.4 Å². The predicted molar refractivity (Wildman–Crippen MR) is 92.3 cm³/mol. The van der Waals surface area contributed by atoms with Crippen LogP contribution < -0.4 is 0 Å². The normalized spacial score (nSPS) is 15.5. The third kappa shape index (κ3) is 4.60. The van der Waals surface area contributed by atoms with Crippen molar-refractivity contribution in [3.05, 3.63) is 53.9 Å². The second-order valence-electron chi connectivity index (χ2n) is 6.48. The molecule has 2 aromatic heterocycles. The second-order valence-corrected chi connectivity index (χ2v) is 6.48. The summed E-state index contributed by atoms with van der Waals surface area (Å²) in [6.45, 7) is 3.61. The van der Waals surface area contributed by atoms with Gasteiger partial charge in [0.05, 0.1) is 0 Å². The van der Waals surface area contributed by atoms with Gasteiger partial charge in [-0.1, -0.05) is 6.07 Å². The maximum absolute atomic E-state index is 12.4. The van der Waals surface area contributed by atoms with E-state index in [9.17, 15) is 4.79 Å². The Morgan fingerprint density at radius 2 is 2.08 bits per heavy atom. The molecule has 1 amide bonds. The minimum atomic E-state index is 0.242. The summed E-state index contributed by atoms with van der Waals surface area (Å²) in [6, 6.07) is 6.01. The molecule has 1 aliphatic rings. The van der Waals surface area contributed by atoms with E-state index in [1.54, 1.807) is 6.20 Å². The highest BCUT2D eigenvalue weighted by Crippen LogP contribution is 2.22. The lowest BCUT2D eigenvalue weighted by Gasteiger charge is -2.32. The van der Waals surface area contributed by atoms with Crippen molar-refractivity contribution in [2.75, 3.05) is 13.1 Å². The SMILES string of the molecule is Cc1nccc(CCC(=O)N2CCC(Cc3cccnc3)CC2)n1. The topological polar surface area (TPSA) is 59.0 Å². The maximum atomic E-state index is 12.4. The van der Waals surface area contributed by atoms with Gasteiger partial charge >= 0.3 is 0 Å². The number of likely N-dealkylation sites (tertiary alicyclic amines) is 1. The van der Waals surface area contributed by atoms with Crippen LogP contribution >= 0.6 is 0 Å². The molecule has 1 saturated heterocycles. The van der Waals surface area contributed by atoms with Gasteiger partial charge in [0.2, 0.25) is 5.91 Å². The molecule has 0 N–H and O–H groups in total. The molecule has 0 radical (unpaired) electrons. The summed E-state index contributed by atoms with van der Waals surface area (Å²) >= 11 is 0. The van der Waals surface area contributed by atoms with Crippen molar-refractivity contribution in [3.63, 3.8) is 0 Å². The first kappa shape index (κ1) is 16.6. The Morgan fingerprint density at radius 3 is 2.79 bits per heavy atom.